The molecule has 0 spiro atoms. The van der Waals surface area contributed by atoms with Crippen molar-refractivity contribution in [3.63, 3.8) is 0 Å². The summed E-state index contributed by atoms with van der Waals surface area (Å²) in [6.07, 6.45) is 2.99. The van der Waals surface area contributed by atoms with Crippen LogP contribution in [-0.2, 0) is 0 Å². The van der Waals surface area contributed by atoms with Gasteiger partial charge in [0.1, 0.15) is 11.6 Å². The van der Waals surface area contributed by atoms with Crippen LogP contribution in [0.5, 0.6) is 0 Å². The summed E-state index contributed by atoms with van der Waals surface area (Å²) >= 11 is 5.72. The highest BCUT2D eigenvalue weighted by Crippen LogP contribution is 2.23. The number of halogens is 2. The third-order valence-electron chi connectivity index (χ3n) is 5.75. The lowest BCUT2D eigenvalue weighted by Crippen LogP contribution is -2.29. The predicted molar refractivity (Wildman–Crippen MR) is 135 cm³/mol. The summed E-state index contributed by atoms with van der Waals surface area (Å²) < 4.78 is 13.2. The largest absolute Gasteiger partial charge is 0.342 e. The smallest absolute Gasteiger partial charge is 0.251 e. The van der Waals surface area contributed by atoms with Crippen LogP contribution in [0.1, 0.15) is 47.9 Å². The monoisotopic (exact) mass is 476 g/mol. The zero-order valence-corrected chi connectivity index (χ0v) is 19.4. The van der Waals surface area contributed by atoms with Gasteiger partial charge in [-0.15, -0.1) is 11.6 Å². The Morgan fingerprint density at radius 3 is 2.35 bits per heavy atom. The second-order valence-electron chi connectivity index (χ2n) is 8.23. The number of hydrogen-bond donors (Lipinski definition) is 3. The number of imidazole rings is 1. The number of benzene rings is 3. The van der Waals surface area contributed by atoms with Gasteiger partial charge in [0, 0.05) is 11.3 Å². The van der Waals surface area contributed by atoms with E-state index in [4.69, 9.17) is 17.0 Å². The van der Waals surface area contributed by atoms with Crippen LogP contribution >= 0.6 is 11.6 Å². The van der Waals surface area contributed by atoms with E-state index in [1.165, 1.54) is 12.1 Å². The van der Waals surface area contributed by atoms with Crippen molar-refractivity contribution in [2.75, 3.05) is 5.88 Å². The molecule has 1 atom stereocenters. The molecule has 7 heteroatoms. The standard InChI is InChI=1S/C27H26ClFN4O/c28-17-22(30)5-1-2-8-25(26-31-23-6-3-4-7-24(23)32-26)33-27(34)20-11-9-18(10-12-20)19-13-15-21(29)16-14-19/h3-4,6-7,9-16,25,30H,1-2,5,8,17H2,(H,31,32)(H,33,34)/t25-/m0/s1. The van der Waals surface area contributed by atoms with E-state index >= 15 is 0 Å². The van der Waals surface area contributed by atoms with Crippen molar-refractivity contribution in [1.82, 2.24) is 15.3 Å². The molecule has 0 radical (unpaired) electrons. The second-order valence-corrected chi connectivity index (χ2v) is 8.50. The van der Waals surface area contributed by atoms with E-state index in [1.54, 1.807) is 24.3 Å². The number of aromatic nitrogens is 2. The van der Waals surface area contributed by atoms with Crippen LogP contribution in [0.3, 0.4) is 0 Å². The number of rotatable bonds is 10. The lowest BCUT2D eigenvalue weighted by Gasteiger charge is -2.17. The van der Waals surface area contributed by atoms with Gasteiger partial charge in [-0.2, -0.15) is 0 Å². The van der Waals surface area contributed by atoms with Gasteiger partial charge in [-0.3, -0.25) is 4.79 Å². The van der Waals surface area contributed by atoms with Crippen molar-refractivity contribution in [2.24, 2.45) is 0 Å². The summed E-state index contributed by atoms with van der Waals surface area (Å²) in [5, 5.41) is 10.9. The van der Waals surface area contributed by atoms with Crippen molar-refractivity contribution < 1.29 is 9.18 Å². The number of hydrogen-bond acceptors (Lipinski definition) is 3. The summed E-state index contributed by atoms with van der Waals surface area (Å²) in [4.78, 5) is 21.1. The number of fused-ring (bicyclic) bond motifs is 1. The fraction of sp³-hybridized carbons (Fsp3) is 0.222. The first kappa shape index (κ1) is 23.6. The number of para-hydroxylation sites is 2. The summed E-state index contributed by atoms with van der Waals surface area (Å²) in [6.45, 7) is 0. The molecule has 0 unspecified atom stereocenters. The number of carbonyl (C=O) groups excluding carboxylic acids is 1. The van der Waals surface area contributed by atoms with Gasteiger partial charge in [0.2, 0.25) is 0 Å². The third-order valence-corrected chi connectivity index (χ3v) is 6.07. The number of amides is 1. The van der Waals surface area contributed by atoms with Crippen molar-refractivity contribution in [2.45, 2.75) is 31.7 Å². The van der Waals surface area contributed by atoms with Crippen LogP contribution < -0.4 is 5.32 Å². The lowest BCUT2D eigenvalue weighted by molar-refractivity contribution is 0.0932. The van der Waals surface area contributed by atoms with Crippen molar-refractivity contribution in [1.29, 1.82) is 5.41 Å². The van der Waals surface area contributed by atoms with Crippen molar-refractivity contribution in [3.05, 3.63) is 90.0 Å². The van der Waals surface area contributed by atoms with Crippen LogP contribution in [0, 0.1) is 11.2 Å². The number of unbranched alkanes of at least 4 members (excludes halogenated alkanes) is 1. The summed E-state index contributed by atoms with van der Waals surface area (Å²) in [7, 11) is 0. The molecular formula is C27H26ClFN4O. The molecule has 0 saturated heterocycles. The minimum atomic E-state index is -0.290. The first-order valence-corrected chi connectivity index (χ1v) is 11.8. The van der Waals surface area contributed by atoms with Crippen LogP contribution in [-0.4, -0.2) is 27.5 Å². The summed E-state index contributed by atoms with van der Waals surface area (Å²) in [5.74, 6) is 0.489. The quantitative estimate of drug-likeness (QED) is 0.136. The highest BCUT2D eigenvalue weighted by Gasteiger charge is 2.19. The number of nitrogens with zero attached hydrogens (tertiary/aromatic N) is 1. The molecule has 0 aliphatic heterocycles. The highest BCUT2D eigenvalue weighted by molar-refractivity contribution is 6.28. The Bertz CT molecular complexity index is 1240. The van der Waals surface area contributed by atoms with Crippen LogP contribution in [0.15, 0.2) is 72.8 Å². The lowest BCUT2D eigenvalue weighted by atomic mass is 10.0. The maximum Gasteiger partial charge on any atom is 0.251 e. The van der Waals surface area contributed by atoms with Gasteiger partial charge in [0.15, 0.2) is 0 Å². The topological polar surface area (TPSA) is 81.6 Å². The average Bonchev–Trinajstić information content (AvgIpc) is 3.30. The van der Waals surface area contributed by atoms with Crippen molar-refractivity contribution in [3.8, 4) is 11.1 Å². The third kappa shape index (κ3) is 5.88. The molecule has 1 aromatic heterocycles. The Morgan fingerprint density at radius 1 is 1.00 bits per heavy atom. The molecule has 0 bridgehead atoms. The van der Waals surface area contributed by atoms with E-state index in [0.29, 0.717) is 29.9 Å². The van der Waals surface area contributed by atoms with Crippen molar-refractivity contribution >= 4 is 34.3 Å². The Morgan fingerprint density at radius 2 is 1.68 bits per heavy atom. The highest BCUT2D eigenvalue weighted by atomic mass is 35.5. The average molecular weight is 477 g/mol. The normalized spacial score (nSPS) is 11.9. The molecule has 0 fully saturated rings. The molecule has 0 saturated carbocycles. The molecule has 0 aliphatic carbocycles. The summed E-state index contributed by atoms with van der Waals surface area (Å²) in [6, 6.07) is 21.0. The zero-order valence-electron chi connectivity index (χ0n) is 18.7. The second kappa shape index (κ2) is 11.1. The fourth-order valence-corrected chi connectivity index (χ4v) is 4.00. The molecule has 1 heterocycles. The SMILES string of the molecule is N=C(CCl)CCCC[C@H](NC(=O)c1ccc(-c2ccc(F)cc2)cc1)c1nc2ccccc2[nH]1. The number of nitrogens with one attached hydrogen (secondary N) is 3. The predicted octanol–water partition coefficient (Wildman–Crippen LogP) is 6.66. The number of carbonyl (C=O) groups is 1. The number of aromatic amines is 1. The van der Waals surface area contributed by atoms with E-state index in [9.17, 15) is 9.18 Å². The van der Waals surface area contributed by atoms with E-state index in [1.807, 2.05) is 36.4 Å². The molecule has 0 aliphatic rings. The Labute approximate surface area is 202 Å². The molecule has 3 aromatic carbocycles. The van der Waals surface area contributed by atoms with Crippen LogP contribution in [0.4, 0.5) is 4.39 Å². The molecule has 5 nitrogen and oxygen atoms in total. The fourth-order valence-electron chi connectivity index (χ4n) is 3.87. The van der Waals surface area contributed by atoms with Gasteiger partial charge in [-0.05, 0) is 66.8 Å². The van der Waals surface area contributed by atoms with E-state index in [-0.39, 0.29) is 23.6 Å². The van der Waals surface area contributed by atoms with Gasteiger partial charge in [-0.25, -0.2) is 9.37 Å². The molecule has 3 N–H and O–H groups in total. The first-order chi connectivity index (χ1) is 16.5. The molecule has 4 aromatic rings. The van der Waals surface area contributed by atoms with Gasteiger partial charge in [-0.1, -0.05) is 42.8 Å². The van der Waals surface area contributed by atoms with Gasteiger partial charge >= 0.3 is 0 Å². The summed E-state index contributed by atoms with van der Waals surface area (Å²) in [5.41, 5.74) is 4.62. The molecule has 1 amide bonds. The van der Waals surface area contributed by atoms with Gasteiger partial charge in [0.05, 0.1) is 23.0 Å². The molecular weight excluding hydrogens is 451 g/mol. The minimum absolute atomic E-state index is 0.190. The molecule has 4 rings (SSSR count). The van der Waals surface area contributed by atoms with Gasteiger partial charge < -0.3 is 15.7 Å². The van der Waals surface area contributed by atoms with Crippen LogP contribution in [0.25, 0.3) is 22.2 Å². The number of H-pyrrole nitrogens is 1. The minimum Gasteiger partial charge on any atom is -0.342 e. The number of alkyl halides is 1. The first-order valence-electron chi connectivity index (χ1n) is 11.3. The maximum absolute atomic E-state index is 13.2. The van der Waals surface area contributed by atoms with E-state index in [0.717, 1.165) is 35.0 Å². The Kier molecular flexibility index (Phi) is 7.70. The molecule has 174 valence electrons. The van der Waals surface area contributed by atoms with E-state index < -0.39 is 0 Å². The Hall–Kier alpha value is -3.51. The van der Waals surface area contributed by atoms with Gasteiger partial charge in [0.25, 0.3) is 5.91 Å². The maximum atomic E-state index is 13.2. The van der Waals surface area contributed by atoms with Crippen LogP contribution in [0.2, 0.25) is 0 Å². The zero-order chi connectivity index (χ0) is 23.9. The Balaban J connectivity index is 1.48. The van der Waals surface area contributed by atoms with E-state index in [2.05, 4.69) is 15.3 Å². The molecule has 34 heavy (non-hydrogen) atoms.